The van der Waals surface area contributed by atoms with Crippen molar-refractivity contribution >= 4 is 11.9 Å². The van der Waals surface area contributed by atoms with Crippen LogP contribution in [0.5, 0.6) is 5.75 Å². The monoisotopic (exact) mass is 293 g/mol. The molecule has 0 radical (unpaired) electrons. The van der Waals surface area contributed by atoms with Crippen molar-refractivity contribution in [2.24, 2.45) is 5.92 Å². The van der Waals surface area contributed by atoms with Gasteiger partial charge in [-0.15, -0.1) is 0 Å². The maximum absolute atomic E-state index is 12.4. The molecule has 1 amide bonds. The Morgan fingerprint density at radius 3 is 2.19 bits per heavy atom. The lowest BCUT2D eigenvalue weighted by Crippen LogP contribution is -2.36. The largest absolute Gasteiger partial charge is 0.491 e. The molecule has 21 heavy (non-hydrogen) atoms. The molecule has 0 aliphatic carbocycles. The van der Waals surface area contributed by atoms with Gasteiger partial charge in [-0.3, -0.25) is 9.59 Å². The predicted molar refractivity (Wildman–Crippen MR) is 80.6 cm³/mol. The second kappa shape index (κ2) is 7.67. The summed E-state index contributed by atoms with van der Waals surface area (Å²) in [4.78, 5) is 24.8. The molecule has 5 nitrogen and oxygen atoms in total. The third-order valence-electron chi connectivity index (χ3n) is 3.06. The van der Waals surface area contributed by atoms with Gasteiger partial charge >= 0.3 is 5.97 Å². The highest BCUT2D eigenvalue weighted by molar-refractivity contribution is 5.94. The number of amides is 1. The Balaban J connectivity index is 2.78. The number of ether oxygens (including phenoxy) is 1. The number of aliphatic carboxylic acids is 1. The van der Waals surface area contributed by atoms with Gasteiger partial charge in [0.25, 0.3) is 5.91 Å². The molecule has 0 heterocycles. The normalized spacial score (nSPS) is 12.0. The zero-order valence-electron chi connectivity index (χ0n) is 13.0. The van der Waals surface area contributed by atoms with E-state index in [4.69, 9.17) is 9.84 Å². The van der Waals surface area contributed by atoms with Gasteiger partial charge in [0.2, 0.25) is 0 Å². The van der Waals surface area contributed by atoms with Crippen molar-refractivity contribution in [2.45, 2.75) is 33.8 Å². The number of rotatable bonds is 7. The average molecular weight is 293 g/mol. The van der Waals surface area contributed by atoms with Gasteiger partial charge in [-0.05, 0) is 45.0 Å². The molecule has 0 saturated carbocycles. The summed E-state index contributed by atoms with van der Waals surface area (Å²) < 4.78 is 5.53. The Morgan fingerprint density at radius 2 is 1.76 bits per heavy atom. The van der Waals surface area contributed by atoms with E-state index < -0.39 is 11.9 Å². The van der Waals surface area contributed by atoms with Crippen LogP contribution in [0.1, 0.15) is 38.1 Å². The van der Waals surface area contributed by atoms with Gasteiger partial charge in [0.15, 0.2) is 0 Å². The number of nitrogens with zero attached hydrogens (tertiary/aromatic N) is 1. The smallest absolute Gasteiger partial charge is 0.308 e. The molecule has 1 unspecified atom stereocenters. The van der Waals surface area contributed by atoms with Crippen molar-refractivity contribution < 1.29 is 19.4 Å². The van der Waals surface area contributed by atoms with Gasteiger partial charge in [-0.1, -0.05) is 6.92 Å². The lowest BCUT2D eigenvalue weighted by molar-refractivity contribution is -0.141. The molecular weight excluding hydrogens is 270 g/mol. The number of carbonyl (C=O) groups excluding carboxylic acids is 1. The lowest BCUT2D eigenvalue weighted by atomic mass is 10.1. The Kier molecular flexibility index (Phi) is 6.21. The first-order valence-corrected chi connectivity index (χ1v) is 7.14. The zero-order chi connectivity index (χ0) is 16.0. The number of carbonyl (C=O) groups is 2. The predicted octanol–water partition coefficient (Wildman–Crippen LogP) is 2.66. The summed E-state index contributed by atoms with van der Waals surface area (Å²) in [5.41, 5.74) is 0.533. The fraction of sp³-hybridized carbons (Fsp3) is 0.500. The second-order valence-electron chi connectivity index (χ2n) is 5.27. The Bertz CT molecular complexity index is 482. The number of benzene rings is 1. The highest BCUT2D eigenvalue weighted by Crippen LogP contribution is 2.15. The molecule has 116 valence electrons. The number of hydrogen-bond donors (Lipinski definition) is 1. The van der Waals surface area contributed by atoms with Crippen molar-refractivity contribution in [3.63, 3.8) is 0 Å². The van der Waals surface area contributed by atoms with Crippen molar-refractivity contribution in [3.8, 4) is 5.75 Å². The standard InChI is InChI=1S/C16H23NO4/c1-5-17(10-12(4)16(19)20)15(18)13-6-8-14(9-7-13)21-11(2)3/h6-9,11-12H,5,10H2,1-4H3,(H,19,20). The van der Waals surface area contributed by atoms with E-state index in [0.717, 1.165) is 0 Å². The average Bonchev–Trinajstić information content (AvgIpc) is 2.43. The minimum Gasteiger partial charge on any atom is -0.491 e. The van der Waals surface area contributed by atoms with Crippen LogP contribution < -0.4 is 4.74 Å². The third kappa shape index (κ3) is 5.10. The molecule has 0 aromatic heterocycles. The van der Waals surface area contributed by atoms with Crippen LogP contribution in [0.25, 0.3) is 0 Å². The Labute approximate surface area is 125 Å². The number of carboxylic acid groups (broad SMARTS) is 1. The summed E-state index contributed by atoms with van der Waals surface area (Å²) in [5, 5.41) is 8.94. The highest BCUT2D eigenvalue weighted by Gasteiger charge is 2.20. The molecule has 5 heteroatoms. The molecule has 0 saturated heterocycles. The van der Waals surface area contributed by atoms with Crippen molar-refractivity contribution in [1.29, 1.82) is 0 Å². The molecule has 0 aliphatic heterocycles. The van der Waals surface area contributed by atoms with Gasteiger partial charge in [-0.25, -0.2) is 0 Å². The minimum atomic E-state index is -0.901. The fourth-order valence-electron chi connectivity index (χ4n) is 1.90. The zero-order valence-corrected chi connectivity index (χ0v) is 13.0. The van der Waals surface area contributed by atoms with Crippen LogP contribution >= 0.6 is 0 Å². The van der Waals surface area contributed by atoms with E-state index in [9.17, 15) is 9.59 Å². The molecular formula is C16H23NO4. The molecule has 0 spiro atoms. The maximum atomic E-state index is 12.4. The van der Waals surface area contributed by atoms with Crippen molar-refractivity contribution in [2.75, 3.05) is 13.1 Å². The van der Waals surface area contributed by atoms with E-state index >= 15 is 0 Å². The van der Waals surface area contributed by atoms with Crippen LogP contribution in [-0.4, -0.2) is 41.1 Å². The van der Waals surface area contributed by atoms with Crippen LogP contribution in [0.4, 0.5) is 0 Å². The molecule has 0 bridgehead atoms. The summed E-state index contributed by atoms with van der Waals surface area (Å²) in [5.74, 6) is -0.940. The van der Waals surface area contributed by atoms with Gasteiger partial charge in [0, 0.05) is 18.7 Å². The molecule has 0 aliphatic rings. The number of carboxylic acids is 1. The lowest BCUT2D eigenvalue weighted by Gasteiger charge is -2.23. The first kappa shape index (κ1) is 17.0. The molecule has 1 aromatic rings. The van der Waals surface area contributed by atoms with Crippen LogP contribution in [-0.2, 0) is 4.79 Å². The van der Waals surface area contributed by atoms with E-state index in [1.165, 1.54) is 4.90 Å². The second-order valence-corrected chi connectivity index (χ2v) is 5.27. The van der Waals surface area contributed by atoms with Crippen LogP contribution in [0, 0.1) is 5.92 Å². The van der Waals surface area contributed by atoms with Gasteiger partial charge in [-0.2, -0.15) is 0 Å². The highest BCUT2D eigenvalue weighted by atomic mass is 16.5. The topological polar surface area (TPSA) is 66.8 Å². The van der Waals surface area contributed by atoms with E-state index in [-0.39, 0.29) is 18.6 Å². The number of hydrogen-bond acceptors (Lipinski definition) is 3. The summed E-state index contributed by atoms with van der Waals surface area (Å²) in [6.07, 6.45) is 0.0788. The van der Waals surface area contributed by atoms with E-state index in [1.807, 2.05) is 20.8 Å². The molecule has 0 fully saturated rings. The van der Waals surface area contributed by atoms with Crippen LogP contribution in [0.3, 0.4) is 0 Å². The van der Waals surface area contributed by atoms with Crippen LogP contribution in [0.15, 0.2) is 24.3 Å². The SMILES string of the molecule is CCN(CC(C)C(=O)O)C(=O)c1ccc(OC(C)C)cc1. The fourth-order valence-corrected chi connectivity index (χ4v) is 1.90. The van der Waals surface area contributed by atoms with Crippen molar-refractivity contribution in [1.82, 2.24) is 4.90 Å². The molecule has 1 atom stereocenters. The molecule has 1 N–H and O–H groups in total. The van der Waals surface area contributed by atoms with Gasteiger partial charge in [0.1, 0.15) is 5.75 Å². The van der Waals surface area contributed by atoms with E-state index in [1.54, 1.807) is 31.2 Å². The molecule has 1 rings (SSSR count). The van der Waals surface area contributed by atoms with E-state index in [0.29, 0.717) is 17.9 Å². The van der Waals surface area contributed by atoms with Crippen molar-refractivity contribution in [3.05, 3.63) is 29.8 Å². The van der Waals surface area contributed by atoms with Crippen LogP contribution in [0.2, 0.25) is 0 Å². The maximum Gasteiger partial charge on any atom is 0.308 e. The Hall–Kier alpha value is -2.04. The third-order valence-corrected chi connectivity index (χ3v) is 3.06. The Morgan fingerprint density at radius 1 is 1.19 bits per heavy atom. The molecule has 1 aromatic carbocycles. The first-order chi connectivity index (χ1) is 9.85. The summed E-state index contributed by atoms with van der Waals surface area (Å²) in [6.45, 7) is 7.98. The van der Waals surface area contributed by atoms with E-state index in [2.05, 4.69) is 0 Å². The summed E-state index contributed by atoms with van der Waals surface area (Å²) >= 11 is 0. The first-order valence-electron chi connectivity index (χ1n) is 7.14. The minimum absolute atomic E-state index is 0.0788. The van der Waals surface area contributed by atoms with Gasteiger partial charge in [0.05, 0.1) is 12.0 Å². The summed E-state index contributed by atoms with van der Waals surface area (Å²) in [7, 11) is 0. The van der Waals surface area contributed by atoms with Gasteiger partial charge < -0.3 is 14.7 Å². The summed E-state index contributed by atoms with van der Waals surface area (Å²) in [6, 6.07) is 6.91. The quantitative estimate of drug-likeness (QED) is 0.839.